The SMILES string of the molecule is CC1CC(C)CN(CCCCNC(=O)N2CCN(c3ccccc3)CC2)C1. The number of benzene rings is 1. The van der Waals surface area contributed by atoms with Gasteiger partial charge in [0.1, 0.15) is 0 Å². The molecule has 5 heteroatoms. The molecule has 2 saturated heterocycles. The Morgan fingerprint density at radius 3 is 2.33 bits per heavy atom. The first-order chi connectivity index (χ1) is 13.1. The highest BCUT2D eigenvalue weighted by atomic mass is 16.2. The van der Waals surface area contributed by atoms with Gasteiger partial charge in [-0.1, -0.05) is 32.0 Å². The van der Waals surface area contributed by atoms with E-state index in [0.29, 0.717) is 0 Å². The largest absolute Gasteiger partial charge is 0.368 e. The number of hydrogen-bond acceptors (Lipinski definition) is 3. The lowest BCUT2D eigenvalue weighted by Crippen LogP contribution is -2.52. The van der Waals surface area contributed by atoms with Crippen molar-refractivity contribution in [3.8, 4) is 0 Å². The van der Waals surface area contributed by atoms with Crippen LogP contribution in [0.25, 0.3) is 0 Å². The number of amides is 2. The van der Waals surface area contributed by atoms with E-state index in [4.69, 9.17) is 0 Å². The Balaban J connectivity index is 1.28. The summed E-state index contributed by atoms with van der Waals surface area (Å²) in [6, 6.07) is 10.6. The maximum Gasteiger partial charge on any atom is 0.317 e. The van der Waals surface area contributed by atoms with Crippen LogP contribution in [0.2, 0.25) is 0 Å². The highest BCUT2D eigenvalue weighted by Crippen LogP contribution is 2.21. The van der Waals surface area contributed by atoms with E-state index in [1.54, 1.807) is 0 Å². The normalized spacial score (nSPS) is 24.1. The Bertz CT molecular complexity index is 561. The van der Waals surface area contributed by atoms with Crippen LogP contribution in [-0.2, 0) is 0 Å². The van der Waals surface area contributed by atoms with Crippen LogP contribution in [0.4, 0.5) is 10.5 Å². The van der Waals surface area contributed by atoms with Gasteiger partial charge in [-0.3, -0.25) is 0 Å². The Kier molecular flexibility index (Phi) is 7.39. The van der Waals surface area contributed by atoms with E-state index in [0.717, 1.165) is 51.0 Å². The number of rotatable bonds is 6. The molecule has 1 N–H and O–H groups in total. The molecule has 2 atom stereocenters. The van der Waals surface area contributed by atoms with Crippen LogP contribution in [-0.4, -0.2) is 68.2 Å². The summed E-state index contributed by atoms with van der Waals surface area (Å²) < 4.78 is 0. The molecule has 2 heterocycles. The lowest BCUT2D eigenvalue weighted by molar-refractivity contribution is 0.139. The van der Waals surface area contributed by atoms with E-state index in [2.05, 4.69) is 53.2 Å². The minimum absolute atomic E-state index is 0.0999. The Morgan fingerprint density at radius 1 is 1.00 bits per heavy atom. The fraction of sp³-hybridized carbons (Fsp3) is 0.682. The van der Waals surface area contributed by atoms with Crippen LogP contribution < -0.4 is 10.2 Å². The molecule has 1 aromatic rings. The molecule has 1 aromatic carbocycles. The van der Waals surface area contributed by atoms with Crippen LogP contribution >= 0.6 is 0 Å². The molecule has 2 amide bonds. The quantitative estimate of drug-likeness (QED) is 0.779. The molecule has 0 aromatic heterocycles. The molecule has 0 aliphatic carbocycles. The number of piperazine rings is 1. The summed E-state index contributed by atoms with van der Waals surface area (Å²) >= 11 is 0. The number of para-hydroxylation sites is 1. The van der Waals surface area contributed by atoms with Crippen molar-refractivity contribution in [2.45, 2.75) is 33.1 Å². The van der Waals surface area contributed by atoms with Crippen LogP contribution in [0.5, 0.6) is 0 Å². The van der Waals surface area contributed by atoms with Gasteiger partial charge in [0.2, 0.25) is 0 Å². The van der Waals surface area contributed by atoms with Gasteiger partial charge in [0, 0.05) is 51.5 Å². The lowest BCUT2D eigenvalue weighted by atomic mass is 9.92. The summed E-state index contributed by atoms with van der Waals surface area (Å²) in [6.45, 7) is 12.6. The molecule has 27 heavy (non-hydrogen) atoms. The van der Waals surface area contributed by atoms with Gasteiger partial charge >= 0.3 is 6.03 Å². The van der Waals surface area contributed by atoms with Gasteiger partial charge in [-0.15, -0.1) is 0 Å². The second-order valence-electron chi connectivity index (χ2n) is 8.45. The number of nitrogens with one attached hydrogen (secondary N) is 1. The molecule has 0 radical (unpaired) electrons. The van der Waals surface area contributed by atoms with Gasteiger partial charge in [0.25, 0.3) is 0 Å². The second-order valence-corrected chi connectivity index (χ2v) is 8.45. The number of anilines is 1. The molecule has 0 bridgehead atoms. The van der Waals surface area contributed by atoms with E-state index in [-0.39, 0.29) is 6.03 Å². The third-order valence-electron chi connectivity index (χ3n) is 5.81. The molecule has 5 nitrogen and oxygen atoms in total. The Labute approximate surface area is 164 Å². The van der Waals surface area contributed by atoms with Crippen molar-refractivity contribution in [1.29, 1.82) is 0 Å². The molecule has 2 unspecified atom stereocenters. The third kappa shape index (κ3) is 6.13. The fourth-order valence-corrected chi connectivity index (χ4v) is 4.55. The van der Waals surface area contributed by atoms with Crippen molar-refractivity contribution < 1.29 is 4.79 Å². The first-order valence-corrected chi connectivity index (χ1v) is 10.7. The van der Waals surface area contributed by atoms with Gasteiger partial charge in [0.15, 0.2) is 0 Å². The average Bonchev–Trinajstić information content (AvgIpc) is 2.68. The van der Waals surface area contributed by atoms with Crippen LogP contribution in [0.1, 0.15) is 33.1 Å². The number of unbranched alkanes of at least 4 members (excludes halogenated alkanes) is 1. The van der Waals surface area contributed by atoms with Gasteiger partial charge < -0.3 is 20.0 Å². The predicted molar refractivity (Wildman–Crippen MR) is 112 cm³/mol. The smallest absolute Gasteiger partial charge is 0.317 e. The van der Waals surface area contributed by atoms with Gasteiger partial charge in [-0.25, -0.2) is 4.79 Å². The molecular weight excluding hydrogens is 336 g/mol. The predicted octanol–water partition coefficient (Wildman–Crippen LogP) is 3.28. The zero-order valence-electron chi connectivity index (χ0n) is 17.1. The highest BCUT2D eigenvalue weighted by Gasteiger charge is 2.22. The third-order valence-corrected chi connectivity index (χ3v) is 5.81. The first-order valence-electron chi connectivity index (χ1n) is 10.7. The molecule has 150 valence electrons. The van der Waals surface area contributed by atoms with Crippen molar-refractivity contribution in [2.75, 3.05) is 57.3 Å². The zero-order chi connectivity index (χ0) is 19.1. The number of nitrogens with zero attached hydrogens (tertiary/aromatic N) is 3. The number of carbonyl (C=O) groups is 1. The summed E-state index contributed by atoms with van der Waals surface area (Å²) in [5.74, 6) is 1.64. The Morgan fingerprint density at radius 2 is 1.67 bits per heavy atom. The number of piperidine rings is 1. The monoisotopic (exact) mass is 372 g/mol. The van der Waals surface area contributed by atoms with Crippen molar-refractivity contribution >= 4 is 11.7 Å². The minimum Gasteiger partial charge on any atom is -0.368 e. The second kappa shape index (κ2) is 9.98. The highest BCUT2D eigenvalue weighted by molar-refractivity contribution is 5.74. The molecule has 0 spiro atoms. The summed E-state index contributed by atoms with van der Waals surface area (Å²) in [5, 5.41) is 3.11. The van der Waals surface area contributed by atoms with E-state index < -0.39 is 0 Å². The summed E-state index contributed by atoms with van der Waals surface area (Å²) in [7, 11) is 0. The number of hydrogen-bond donors (Lipinski definition) is 1. The van der Waals surface area contributed by atoms with Gasteiger partial charge in [-0.2, -0.15) is 0 Å². The lowest BCUT2D eigenvalue weighted by Gasteiger charge is -2.36. The van der Waals surface area contributed by atoms with Crippen molar-refractivity contribution in [2.24, 2.45) is 11.8 Å². The molecule has 0 saturated carbocycles. The zero-order valence-corrected chi connectivity index (χ0v) is 17.1. The first kappa shape index (κ1) is 20.0. The van der Waals surface area contributed by atoms with Crippen molar-refractivity contribution in [3.05, 3.63) is 30.3 Å². The van der Waals surface area contributed by atoms with E-state index >= 15 is 0 Å². The molecular formula is C22H36N4O. The summed E-state index contributed by atoms with van der Waals surface area (Å²) in [4.78, 5) is 19.3. The van der Waals surface area contributed by atoms with Crippen LogP contribution in [0, 0.1) is 11.8 Å². The molecule has 2 aliphatic heterocycles. The van der Waals surface area contributed by atoms with Crippen LogP contribution in [0.3, 0.4) is 0 Å². The number of urea groups is 1. The Hall–Kier alpha value is -1.75. The van der Waals surface area contributed by atoms with E-state index in [1.165, 1.54) is 38.2 Å². The maximum absolute atomic E-state index is 12.4. The average molecular weight is 373 g/mol. The standard InChI is InChI=1S/C22H36N4O/c1-19-16-20(2)18-24(17-19)11-7-6-10-23-22(27)26-14-12-25(13-15-26)21-8-4-3-5-9-21/h3-5,8-9,19-20H,6-7,10-18H2,1-2H3,(H,23,27). The minimum atomic E-state index is 0.0999. The number of carbonyl (C=O) groups excluding carboxylic acids is 1. The molecule has 3 rings (SSSR count). The summed E-state index contributed by atoms with van der Waals surface area (Å²) in [5.41, 5.74) is 1.25. The van der Waals surface area contributed by atoms with Crippen molar-refractivity contribution in [1.82, 2.24) is 15.1 Å². The molecule has 2 fully saturated rings. The number of likely N-dealkylation sites (tertiary alicyclic amines) is 1. The van der Waals surface area contributed by atoms with Gasteiger partial charge in [0.05, 0.1) is 0 Å². The molecule has 2 aliphatic rings. The van der Waals surface area contributed by atoms with E-state index in [1.807, 2.05) is 11.0 Å². The maximum atomic E-state index is 12.4. The topological polar surface area (TPSA) is 38.8 Å². The van der Waals surface area contributed by atoms with Gasteiger partial charge in [-0.05, 0) is 49.8 Å². The fourth-order valence-electron chi connectivity index (χ4n) is 4.55. The van der Waals surface area contributed by atoms with E-state index in [9.17, 15) is 4.79 Å². The summed E-state index contributed by atoms with van der Waals surface area (Å²) in [6.07, 6.45) is 3.60. The van der Waals surface area contributed by atoms with Crippen molar-refractivity contribution in [3.63, 3.8) is 0 Å². The van der Waals surface area contributed by atoms with Crippen LogP contribution in [0.15, 0.2) is 30.3 Å².